The Morgan fingerprint density at radius 3 is 2.31 bits per heavy atom. The highest BCUT2D eigenvalue weighted by atomic mass is 32.2. The van der Waals surface area contributed by atoms with Gasteiger partial charge >= 0.3 is 0 Å². The molecule has 0 radical (unpaired) electrons. The molecule has 2 aromatic rings. The summed E-state index contributed by atoms with van der Waals surface area (Å²) in [6.07, 6.45) is -1.48. The Morgan fingerprint density at radius 2 is 1.62 bits per heavy atom. The standard InChI is InChI=1S/C22H26O6S/c1-22(2)27-20-19(25-15-16-9-5-3-6-10-16)18(26-21(20)28-22)13-14-29(23,24)17-11-7-4-8-12-17/h3-12,18-21H,13-15H2,1-2H3/t18-,19-,20-,21-/m1/s1. The van der Waals surface area contributed by atoms with Crippen molar-refractivity contribution in [2.75, 3.05) is 5.75 Å². The monoisotopic (exact) mass is 418 g/mol. The third kappa shape index (κ3) is 4.70. The molecule has 6 nitrogen and oxygen atoms in total. The van der Waals surface area contributed by atoms with Crippen molar-refractivity contribution in [2.45, 2.75) is 62.2 Å². The molecule has 156 valence electrons. The van der Waals surface area contributed by atoms with E-state index in [9.17, 15) is 8.42 Å². The van der Waals surface area contributed by atoms with E-state index in [4.69, 9.17) is 18.9 Å². The maximum Gasteiger partial charge on any atom is 0.190 e. The van der Waals surface area contributed by atoms with E-state index in [1.807, 2.05) is 44.2 Å². The second kappa shape index (κ2) is 8.16. The van der Waals surface area contributed by atoms with Crippen molar-refractivity contribution in [2.24, 2.45) is 0 Å². The van der Waals surface area contributed by atoms with E-state index in [2.05, 4.69) is 0 Å². The number of sulfone groups is 1. The Hall–Kier alpha value is -1.77. The van der Waals surface area contributed by atoms with Gasteiger partial charge in [0.15, 0.2) is 21.9 Å². The molecular formula is C22H26O6S. The number of hydrogen-bond acceptors (Lipinski definition) is 6. The summed E-state index contributed by atoms with van der Waals surface area (Å²) >= 11 is 0. The first-order chi connectivity index (χ1) is 13.8. The summed E-state index contributed by atoms with van der Waals surface area (Å²) in [4.78, 5) is 0.313. The lowest BCUT2D eigenvalue weighted by Crippen LogP contribution is -2.37. The molecule has 4 atom stereocenters. The van der Waals surface area contributed by atoms with Crippen LogP contribution in [0.25, 0.3) is 0 Å². The maximum absolute atomic E-state index is 12.7. The number of rotatable bonds is 7. The fourth-order valence-electron chi connectivity index (χ4n) is 3.76. The molecule has 0 aliphatic carbocycles. The van der Waals surface area contributed by atoms with Crippen LogP contribution in [0, 0.1) is 0 Å². The van der Waals surface area contributed by atoms with Gasteiger partial charge in [0.2, 0.25) is 0 Å². The first kappa shape index (κ1) is 20.5. The fourth-order valence-corrected chi connectivity index (χ4v) is 5.11. The van der Waals surface area contributed by atoms with Crippen LogP contribution in [0.2, 0.25) is 0 Å². The van der Waals surface area contributed by atoms with Crippen LogP contribution in [0.5, 0.6) is 0 Å². The van der Waals surface area contributed by atoms with Gasteiger partial charge in [-0.1, -0.05) is 48.5 Å². The highest BCUT2D eigenvalue weighted by Crippen LogP contribution is 2.40. The molecule has 2 fully saturated rings. The third-order valence-corrected chi connectivity index (χ3v) is 6.91. The van der Waals surface area contributed by atoms with Crippen LogP contribution < -0.4 is 0 Å². The van der Waals surface area contributed by atoms with Gasteiger partial charge in [0.05, 0.1) is 23.4 Å². The van der Waals surface area contributed by atoms with Crippen molar-refractivity contribution in [1.29, 1.82) is 0 Å². The van der Waals surface area contributed by atoms with E-state index in [1.165, 1.54) is 0 Å². The van der Waals surface area contributed by atoms with E-state index in [0.717, 1.165) is 5.56 Å². The van der Waals surface area contributed by atoms with Gasteiger partial charge in [-0.15, -0.1) is 0 Å². The Balaban J connectivity index is 1.46. The van der Waals surface area contributed by atoms with Gasteiger partial charge in [0, 0.05) is 0 Å². The Kier molecular flexibility index (Phi) is 5.77. The SMILES string of the molecule is CC1(C)O[C@H]2O[C@H](CCS(=O)(=O)c3ccccc3)[C@@H](OCc3ccccc3)[C@H]2O1. The van der Waals surface area contributed by atoms with Crippen molar-refractivity contribution >= 4 is 9.84 Å². The predicted octanol–water partition coefficient (Wildman–Crippen LogP) is 3.31. The molecule has 7 heteroatoms. The first-order valence-electron chi connectivity index (χ1n) is 9.78. The summed E-state index contributed by atoms with van der Waals surface area (Å²) in [5.74, 6) is -0.791. The minimum absolute atomic E-state index is 0.0320. The normalized spacial score (nSPS) is 28.3. The second-order valence-electron chi connectivity index (χ2n) is 7.82. The number of fused-ring (bicyclic) bond motifs is 1. The Morgan fingerprint density at radius 1 is 0.966 bits per heavy atom. The molecule has 0 amide bonds. The zero-order chi connectivity index (χ0) is 20.5. The van der Waals surface area contributed by atoms with Gasteiger partial charge in [0.1, 0.15) is 12.2 Å². The summed E-state index contributed by atoms with van der Waals surface area (Å²) in [6, 6.07) is 18.3. The van der Waals surface area contributed by atoms with Gasteiger partial charge in [0.25, 0.3) is 0 Å². The molecule has 4 rings (SSSR count). The molecule has 0 bridgehead atoms. The van der Waals surface area contributed by atoms with E-state index in [-0.39, 0.29) is 5.75 Å². The number of hydrogen-bond donors (Lipinski definition) is 0. The molecule has 0 N–H and O–H groups in total. The predicted molar refractivity (Wildman–Crippen MR) is 107 cm³/mol. The Bertz CT molecular complexity index is 913. The van der Waals surface area contributed by atoms with Gasteiger partial charge in [-0.3, -0.25) is 0 Å². The summed E-state index contributed by atoms with van der Waals surface area (Å²) < 4.78 is 49.3. The molecule has 0 saturated carbocycles. The van der Waals surface area contributed by atoms with Crippen molar-refractivity contribution in [3.8, 4) is 0 Å². The molecule has 29 heavy (non-hydrogen) atoms. The lowest BCUT2D eigenvalue weighted by molar-refractivity contribution is -0.219. The van der Waals surface area contributed by atoms with Crippen LogP contribution >= 0.6 is 0 Å². The van der Waals surface area contributed by atoms with Crippen molar-refractivity contribution in [1.82, 2.24) is 0 Å². The van der Waals surface area contributed by atoms with Gasteiger partial charge < -0.3 is 18.9 Å². The highest BCUT2D eigenvalue weighted by Gasteiger charge is 2.55. The minimum Gasteiger partial charge on any atom is -0.368 e. The van der Waals surface area contributed by atoms with E-state index < -0.39 is 40.2 Å². The molecule has 0 aromatic heterocycles. The molecule has 2 saturated heterocycles. The largest absolute Gasteiger partial charge is 0.368 e. The van der Waals surface area contributed by atoms with Gasteiger partial charge in [-0.25, -0.2) is 8.42 Å². The van der Waals surface area contributed by atoms with Crippen molar-refractivity contribution in [3.63, 3.8) is 0 Å². The summed E-state index contributed by atoms with van der Waals surface area (Å²) in [5.41, 5.74) is 1.03. The molecular weight excluding hydrogens is 392 g/mol. The zero-order valence-corrected chi connectivity index (χ0v) is 17.4. The molecule has 2 heterocycles. The quantitative estimate of drug-likeness (QED) is 0.687. The van der Waals surface area contributed by atoms with Crippen LogP contribution in [-0.2, 0) is 35.4 Å². The van der Waals surface area contributed by atoms with Crippen LogP contribution in [0.4, 0.5) is 0 Å². The lowest BCUT2D eigenvalue weighted by atomic mass is 10.1. The number of benzene rings is 2. The average molecular weight is 419 g/mol. The van der Waals surface area contributed by atoms with Crippen molar-refractivity contribution < 1.29 is 27.4 Å². The summed E-state index contributed by atoms with van der Waals surface area (Å²) in [7, 11) is -3.40. The van der Waals surface area contributed by atoms with Gasteiger partial charge in [-0.05, 0) is 38.0 Å². The molecule has 2 aromatic carbocycles. The fraction of sp³-hybridized carbons (Fsp3) is 0.455. The molecule has 2 aliphatic rings. The molecule has 2 aliphatic heterocycles. The summed E-state index contributed by atoms with van der Waals surface area (Å²) in [6.45, 7) is 4.05. The Labute approximate surface area is 171 Å². The first-order valence-corrected chi connectivity index (χ1v) is 11.4. The molecule has 0 unspecified atom stereocenters. The lowest BCUT2D eigenvalue weighted by Gasteiger charge is -2.26. The maximum atomic E-state index is 12.7. The van der Waals surface area contributed by atoms with Crippen LogP contribution in [0.15, 0.2) is 65.6 Å². The molecule has 0 spiro atoms. The van der Waals surface area contributed by atoms with Crippen molar-refractivity contribution in [3.05, 3.63) is 66.2 Å². The van der Waals surface area contributed by atoms with Crippen LogP contribution in [0.3, 0.4) is 0 Å². The second-order valence-corrected chi connectivity index (χ2v) is 9.93. The van der Waals surface area contributed by atoms with Crippen LogP contribution in [0.1, 0.15) is 25.8 Å². The van der Waals surface area contributed by atoms with Gasteiger partial charge in [-0.2, -0.15) is 0 Å². The van der Waals surface area contributed by atoms with E-state index >= 15 is 0 Å². The van der Waals surface area contributed by atoms with Crippen LogP contribution in [-0.4, -0.2) is 44.6 Å². The minimum atomic E-state index is -3.40. The zero-order valence-electron chi connectivity index (χ0n) is 16.6. The number of ether oxygens (including phenoxy) is 4. The highest BCUT2D eigenvalue weighted by molar-refractivity contribution is 7.91. The third-order valence-electron chi connectivity index (χ3n) is 5.15. The van der Waals surface area contributed by atoms with E-state index in [1.54, 1.807) is 30.3 Å². The topological polar surface area (TPSA) is 71.1 Å². The average Bonchev–Trinajstić information content (AvgIpc) is 3.17. The van der Waals surface area contributed by atoms with E-state index in [0.29, 0.717) is 17.9 Å². The smallest absolute Gasteiger partial charge is 0.190 e. The summed E-state index contributed by atoms with van der Waals surface area (Å²) in [5, 5.41) is 0.